The highest BCUT2D eigenvalue weighted by Crippen LogP contribution is 2.34. The normalized spacial score (nSPS) is 11.1. The quantitative estimate of drug-likeness (QED) is 0.355. The maximum atomic E-state index is 9.57. The minimum absolute atomic E-state index is 0.426. The second-order valence-corrected chi connectivity index (χ2v) is 6.59. The van der Waals surface area contributed by atoms with Crippen LogP contribution in [0.3, 0.4) is 0 Å². The van der Waals surface area contributed by atoms with Crippen LogP contribution in [0.5, 0.6) is 11.5 Å². The van der Waals surface area contributed by atoms with Gasteiger partial charge in [0.15, 0.2) is 0 Å². The summed E-state index contributed by atoms with van der Waals surface area (Å²) in [5.74, 6) is 1.11. The van der Waals surface area contributed by atoms with Gasteiger partial charge in [-0.15, -0.1) is 0 Å². The molecule has 0 aliphatic heterocycles. The van der Waals surface area contributed by atoms with Gasteiger partial charge in [-0.2, -0.15) is 5.26 Å². The Labute approximate surface area is 162 Å². The van der Waals surface area contributed by atoms with E-state index < -0.39 is 0 Å². The fraction of sp³-hybridized carbons (Fsp3) is 0.0455. The molecule has 0 saturated carbocycles. The summed E-state index contributed by atoms with van der Waals surface area (Å²) in [5, 5.41) is 10.5. The van der Waals surface area contributed by atoms with Crippen LogP contribution in [0.15, 0.2) is 66.7 Å². The monoisotopic (exact) mass is 379 g/mol. The molecule has 3 aromatic carbocycles. The fourth-order valence-electron chi connectivity index (χ4n) is 2.44. The van der Waals surface area contributed by atoms with Crippen molar-refractivity contribution in [2.75, 3.05) is 0 Å². The first-order valence-electron chi connectivity index (χ1n) is 7.97. The zero-order chi connectivity index (χ0) is 18.5. The van der Waals surface area contributed by atoms with Gasteiger partial charge in [-0.25, -0.2) is 0 Å². The van der Waals surface area contributed by atoms with Gasteiger partial charge in [0.1, 0.15) is 11.5 Å². The molecule has 0 unspecified atom stereocenters. The van der Waals surface area contributed by atoms with Crippen molar-refractivity contribution in [3.05, 3.63) is 93.5 Å². The van der Waals surface area contributed by atoms with Gasteiger partial charge < -0.3 is 4.74 Å². The Kier molecular flexibility index (Phi) is 5.63. The Morgan fingerprint density at radius 1 is 0.962 bits per heavy atom. The molecule has 0 fully saturated rings. The van der Waals surface area contributed by atoms with Crippen LogP contribution in [0.1, 0.15) is 16.7 Å². The third-order valence-corrected chi connectivity index (χ3v) is 4.35. The van der Waals surface area contributed by atoms with Crippen molar-refractivity contribution in [1.82, 2.24) is 0 Å². The van der Waals surface area contributed by atoms with Gasteiger partial charge in [-0.05, 0) is 42.8 Å². The molecule has 0 spiro atoms. The highest BCUT2D eigenvalue weighted by atomic mass is 35.5. The molecule has 26 heavy (non-hydrogen) atoms. The smallest absolute Gasteiger partial charge is 0.146 e. The number of hydrogen-bond donors (Lipinski definition) is 0. The molecule has 0 aliphatic carbocycles. The summed E-state index contributed by atoms with van der Waals surface area (Å²) in [7, 11) is 0. The average Bonchev–Trinajstić information content (AvgIpc) is 2.64. The van der Waals surface area contributed by atoms with E-state index in [1.165, 1.54) is 0 Å². The van der Waals surface area contributed by atoms with Gasteiger partial charge in [-0.1, -0.05) is 71.2 Å². The van der Waals surface area contributed by atoms with E-state index in [9.17, 15) is 5.26 Å². The van der Waals surface area contributed by atoms with Gasteiger partial charge >= 0.3 is 0 Å². The fourth-order valence-corrected chi connectivity index (χ4v) is 2.89. The van der Waals surface area contributed by atoms with Gasteiger partial charge in [-0.3, -0.25) is 0 Å². The van der Waals surface area contributed by atoms with Gasteiger partial charge in [0.05, 0.1) is 16.7 Å². The number of para-hydroxylation sites is 1. The second-order valence-electron chi connectivity index (χ2n) is 5.75. The Morgan fingerprint density at radius 2 is 1.69 bits per heavy atom. The molecular weight excluding hydrogens is 365 g/mol. The number of rotatable bonds is 4. The average molecular weight is 380 g/mol. The molecular formula is C22H15Cl2NO. The SMILES string of the molecule is Cc1ccc(C(C#N)=Cc2ccccc2Oc2ccc(Cl)cc2Cl)cc1. The van der Waals surface area contributed by atoms with E-state index in [0.29, 0.717) is 27.1 Å². The molecule has 128 valence electrons. The largest absolute Gasteiger partial charge is 0.455 e. The highest BCUT2D eigenvalue weighted by Gasteiger charge is 2.09. The van der Waals surface area contributed by atoms with Crippen LogP contribution in [0, 0.1) is 18.3 Å². The molecule has 4 heteroatoms. The lowest BCUT2D eigenvalue weighted by molar-refractivity contribution is 0.482. The molecule has 0 atom stereocenters. The second kappa shape index (κ2) is 8.10. The van der Waals surface area contributed by atoms with E-state index in [1.54, 1.807) is 18.2 Å². The number of benzene rings is 3. The number of halogens is 2. The van der Waals surface area contributed by atoms with E-state index in [2.05, 4.69) is 6.07 Å². The first-order valence-corrected chi connectivity index (χ1v) is 8.73. The van der Waals surface area contributed by atoms with Crippen molar-refractivity contribution in [2.45, 2.75) is 6.92 Å². The van der Waals surface area contributed by atoms with Crippen molar-refractivity contribution < 1.29 is 4.74 Å². The molecule has 0 amide bonds. The maximum absolute atomic E-state index is 9.57. The van der Waals surface area contributed by atoms with Crippen LogP contribution >= 0.6 is 23.2 Å². The zero-order valence-corrected chi connectivity index (χ0v) is 15.6. The van der Waals surface area contributed by atoms with Crippen molar-refractivity contribution in [3.63, 3.8) is 0 Å². The molecule has 0 radical (unpaired) electrons. The van der Waals surface area contributed by atoms with E-state index in [4.69, 9.17) is 27.9 Å². The molecule has 0 bridgehead atoms. The van der Waals surface area contributed by atoms with E-state index >= 15 is 0 Å². The Balaban J connectivity index is 1.98. The van der Waals surface area contributed by atoms with E-state index in [0.717, 1.165) is 16.7 Å². The standard InChI is InChI=1S/C22H15Cl2NO/c1-15-6-8-16(9-7-15)18(14-25)12-17-4-2-3-5-21(17)26-22-11-10-19(23)13-20(22)24/h2-13H,1H3. The summed E-state index contributed by atoms with van der Waals surface area (Å²) in [5.41, 5.74) is 3.35. The van der Waals surface area contributed by atoms with Crippen molar-refractivity contribution in [3.8, 4) is 17.6 Å². The summed E-state index contributed by atoms with van der Waals surface area (Å²) in [6.45, 7) is 2.01. The van der Waals surface area contributed by atoms with Crippen LogP contribution in [-0.4, -0.2) is 0 Å². The Morgan fingerprint density at radius 3 is 2.38 bits per heavy atom. The molecule has 0 heterocycles. The van der Waals surface area contributed by atoms with Crippen molar-refractivity contribution in [2.24, 2.45) is 0 Å². The molecule has 0 N–H and O–H groups in total. The number of ether oxygens (including phenoxy) is 1. The van der Waals surface area contributed by atoms with Gasteiger partial charge in [0, 0.05) is 10.6 Å². The number of allylic oxidation sites excluding steroid dienone is 1. The molecule has 3 rings (SSSR count). The number of nitriles is 1. The van der Waals surface area contributed by atoms with Crippen molar-refractivity contribution in [1.29, 1.82) is 5.26 Å². The molecule has 2 nitrogen and oxygen atoms in total. The van der Waals surface area contributed by atoms with Crippen LogP contribution in [0.25, 0.3) is 11.6 Å². The molecule has 3 aromatic rings. The predicted molar refractivity (Wildman–Crippen MR) is 108 cm³/mol. The van der Waals surface area contributed by atoms with Crippen LogP contribution in [-0.2, 0) is 0 Å². The molecule has 0 saturated heterocycles. The first-order chi connectivity index (χ1) is 12.6. The summed E-state index contributed by atoms with van der Waals surface area (Å²) >= 11 is 12.1. The topological polar surface area (TPSA) is 33.0 Å². The zero-order valence-electron chi connectivity index (χ0n) is 14.0. The third-order valence-electron chi connectivity index (χ3n) is 3.82. The minimum atomic E-state index is 0.426. The lowest BCUT2D eigenvalue weighted by atomic mass is 10.0. The summed E-state index contributed by atoms with van der Waals surface area (Å²) in [6.07, 6.45) is 1.81. The number of aryl methyl sites for hydroxylation is 1. The highest BCUT2D eigenvalue weighted by molar-refractivity contribution is 6.35. The summed E-state index contributed by atoms with van der Waals surface area (Å²) < 4.78 is 5.95. The van der Waals surface area contributed by atoms with Crippen LogP contribution in [0.2, 0.25) is 10.0 Å². The lowest BCUT2D eigenvalue weighted by Crippen LogP contribution is -1.89. The minimum Gasteiger partial charge on any atom is -0.455 e. The molecule has 0 aliphatic rings. The first kappa shape index (κ1) is 18.1. The Bertz CT molecular complexity index is 1000. The third kappa shape index (κ3) is 4.26. The van der Waals surface area contributed by atoms with Crippen LogP contribution < -0.4 is 4.74 Å². The van der Waals surface area contributed by atoms with E-state index in [1.807, 2.05) is 61.5 Å². The van der Waals surface area contributed by atoms with Crippen LogP contribution in [0.4, 0.5) is 0 Å². The van der Waals surface area contributed by atoms with Crippen molar-refractivity contribution >= 4 is 34.9 Å². The lowest BCUT2D eigenvalue weighted by Gasteiger charge is -2.11. The van der Waals surface area contributed by atoms with Gasteiger partial charge in [0.25, 0.3) is 0 Å². The molecule has 0 aromatic heterocycles. The summed E-state index contributed by atoms with van der Waals surface area (Å²) in [6, 6.07) is 22.6. The van der Waals surface area contributed by atoms with Gasteiger partial charge in [0.2, 0.25) is 0 Å². The Hall–Kier alpha value is -2.73. The predicted octanol–water partition coefficient (Wildman–Crippen LogP) is 7.16. The number of nitrogens with zero attached hydrogens (tertiary/aromatic N) is 1. The number of hydrogen-bond acceptors (Lipinski definition) is 2. The van der Waals surface area contributed by atoms with E-state index in [-0.39, 0.29) is 0 Å². The summed E-state index contributed by atoms with van der Waals surface area (Å²) in [4.78, 5) is 0. The maximum Gasteiger partial charge on any atom is 0.146 e.